The second-order valence-corrected chi connectivity index (χ2v) is 5.74. The van der Waals surface area contributed by atoms with E-state index in [4.69, 9.17) is 0 Å². The third-order valence-electron chi connectivity index (χ3n) is 3.78. The van der Waals surface area contributed by atoms with E-state index in [0.29, 0.717) is 5.56 Å². The molecule has 148 valence electrons. The lowest BCUT2D eigenvalue weighted by Gasteiger charge is -2.11. The van der Waals surface area contributed by atoms with Crippen LogP contribution in [-0.2, 0) is 6.54 Å². The molecule has 0 saturated heterocycles. The van der Waals surface area contributed by atoms with Crippen LogP contribution in [0.25, 0.3) is 0 Å². The number of anilines is 2. The Morgan fingerprint density at radius 1 is 0.966 bits per heavy atom. The summed E-state index contributed by atoms with van der Waals surface area (Å²) in [6, 6.07) is 10.3. The molecule has 0 fully saturated rings. The first-order valence-corrected chi connectivity index (χ1v) is 8.23. The van der Waals surface area contributed by atoms with Crippen LogP contribution in [0.3, 0.4) is 0 Å². The van der Waals surface area contributed by atoms with Gasteiger partial charge in [0.15, 0.2) is 0 Å². The molecule has 3 N–H and O–H groups in total. The molecule has 1 aromatic heterocycles. The molecule has 0 saturated carbocycles. The Kier molecular flexibility index (Phi) is 5.88. The van der Waals surface area contributed by atoms with Gasteiger partial charge in [0.2, 0.25) is 11.6 Å². The van der Waals surface area contributed by atoms with Gasteiger partial charge in [-0.05, 0) is 42.0 Å². The Bertz CT molecular complexity index is 1030. The van der Waals surface area contributed by atoms with Crippen LogP contribution >= 0.6 is 0 Å². The van der Waals surface area contributed by atoms with E-state index in [1.54, 1.807) is 0 Å². The van der Waals surface area contributed by atoms with E-state index in [0.717, 1.165) is 18.5 Å². The van der Waals surface area contributed by atoms with Crippen molar-refractivity contribution in [3.05, 3.63) is 87.7 Å². The number of hydrogen-bond donors (Lipinski definition) is 3. The Balaban J connectivity index is 1.73. The average Bonchev–Trinajstić information content (AvgIpc) is 2.72. The fourth-order valence-electron chi connectivity index (χ4n) is 2.35. The van der Waals surface area contributed by atoms with Crippen LogP contribution in [0, 0.1) is 21.7 Å². The van der Waals surface area contributed by atoms with Gasteiger partial charge in [-0.1, -0.05) is 12.1 Å². The first-order chi connectivity index (χ1) is 13.9. The van der Waals surface area contributed by atoms with Crippen molar-refractivity contribution in [2.45, 2.75) is 6.54 Å². The molecule has 9 nitrogen and oxygen atoms in total. The van der Waals surface area contributed by atoms with Gasteiger partial charge in [0.05, 0.1) is 4.92 Å². The lowest BCUT2D eigenvalue weighted by Crippen LogP contribution is -2.30. The maximum atomic E-state index is 13.0. The molecule has 0 spiro atoms. The van der Waals surface area contributed by atoms with Gasteiger partial charge < -0.3 is 5.32 Å². The summed E-state index contributed by atoms with van der Waals surface area (Å²) in [5.74, 6) is -1.88. The molecule has 29 heavy (non-hydrogen) atoms. The van der Waals surface area contributed by atoms with Crippen molar-refractivity contribution in [3.63, 3.8) is 0 Å². The van der Waals surface area contributed by atoms with E-state index >= 15 is 0 Å². The largest absolute Gasteiger partial charge is 0.360 e. The van der Waals surface area contributed by atoms with E-state index in [2.05, 4.69) is 26.1 Å². The number of nitrogens with zero attached hydrogens (tertiary/aromatic N) is 3. The monoisotopic (exact) mass is 400 g/mol. The number of nitrogens with one attached hydrogen (secondary N) is 3. The number of benzene rings is 2. The Morgan fingerprint density at radius 2 is 1.55 bits per heavy atom. The summed E-state index contributed by atoms with van der Waals surface area (Å²) >= 11 is 0. The molecule has 1 amide bonds. The lowest BCUT2D eigenvalue weighted by atomic mass is 10.2. The van der Waals surface area contributed by atoms with E-state index in [-0.39, 0.29) is 23.7 Å². The summed E-state index contributed by atoms with van der Waals surface area (Å²) in [6.45, 7) is 0.152. The number of nitro groups is 1. The van der Waals surface area contributed by atoms with Crippen LogP contribution in [0.1, 0.15) is 15.9 Å². The van der Waals surface area contributed by atoms with E-state index in [1.807, 2.05) is 0 Å². The highest BCUT2D eigenvalue weighted by atomic mass is 19.1. The quantitative estimate of drug-likeness (QED) is 0.412. The number of aromatic nitrogens is 2. The molecular weight excluding hydrogens is 386 g/mol. The molecule has 0 radical (unpaired) electrons. The fraction of sp³-hybridized carbons (Fsp3) is 0.0556. The standard InChI is InChI=1S/C18H14F2N6O3/c19-13-5-1-11(2-6-13)9-21-16-15(26(28)29)17(23-10-22-16)24-25-18(27)12-3-7-14(20)8-4-12/h1-8,10H,9H2,(H,25,27)(H2,21,22,23,24). The lowest BCUT2D eigenvalue weighted by molar-refractivity contribution is -0.383. The molecule has 1 heterocycles. The topological polar surface area (TPSA) is 122 Å². The number of hydrazine groups is 1. The van der Waals surface area contributed by atoms with Crippen molar-refractivity contribution in [1.29, 1.82) is 0 Å². The second kappa shape index (κ2) is 8.69. The average molecular weight is 400 g/mol. The number of hydrogen-bond acceptors (Lipinski definition) is 7. The number of halogens is 2. The third-order valence-corrected chi connectivity index (χ3v) is 3.78. The zero-order valence-corrected chi connectivity index (χ0v) is 14.7. The van der Waals surface area contributed by atoms with Crippen LogP contribution in [0.5, 0.6) is 0 Å². The summed E-state index contributed by atoms with van der Waals surface area (Å²) in [4.78, 5) is 30.5. The van der Waals surface area contributed by atoms with Crippen LogP contribution in [0.15, 0.2) is 54.9 Å². The molecule has 0 unspecified atom stereocenters. The molecule has 3 aromatic rings. The van der Waals surface area contributed by atoms with Crippen LogP contribution < -0.4 is 16.2 Å². The van der Waals surface area contributed by atoms with Crippen LogP contribution in [0.4, 0.5) is 26.1 Å². The van der Waals surface area contributed by atoms with E-state index in [1.165, 1.54) is 36.4 Å². The molecule has 0 atom stereocenters. The summed E-state index contributed by atoms with van der Waals surface area (Å²) in [5.41, 5.74) is 4.97. The predicted molar refractivity (Wildman–Crippen MR) is 99.9 cm³/mol. The predicted octanol–water partition coefficient (Wildman–Crippen LogP) is 3.03. The zero-order valence-electron chi connectivity index (χ0n) is 14.7. The van der Waals surface area contributed by atoms with Gasteiger partial charge >= 0.3 is 5.69 Å². The van der Waals surface area contributed by atoms with Gasteiger partial charge in [0.25, 0.3) is 5.91 Å². The van der Waals surface area contributed by atoms with Gasteiger partial charge in [0.1, 0.15) is 18.0 Å². The molecule has 0 aliphatic rings. The fourth-order valence-corrected chi connectivity index (χ4v) is 2.35. The molecule has 11 heteroatoms. The molecule has 0 aliphatic heterocycles. The Morgan fingerprint density at radius 3 is 2.17 bits per heavy atom. The van der Waals surface area contributed by atoms with Gasteiger partial charge in [-0.2, -0.15) is 0 Å². The molecular formula is C18H14F2N6O3. The van der Waals surface area contributed by atoms with Gasteiger partial charge in [0, 0.05) is 12.1 Å². The minimum Gasteiger partial charge on any atom is -0.360 e. The molecule has 0 aliphatic carbocycles. The minimum absolute atomic E-state index is 0.0899. The van der Waals surface area contributed by atoms with E-state index in [9.17, 15) is 23.7 Å². The molecule has 0 bridgehead atoms. The van der Waals surface area contributed by atoms with Crippen molar-refractivity contribution in [2.75, 3.05) is 10.7 Å². The number of carbonyl (C=O) groups excluding carboxylic acids is 1. The maximum absolute atomic E-state index is 13.0. The summed E-state index contributed by atoms with van der Waals surface area (Å²) in [7, 11) is 0. The first-order valence-electron chi connectivity index (χ1n) is 8.23. The number of rotatable bonds is 7. The van der Waals surface area contributed by atoms with Crippen molar-refractivity contribution in [3.8, 4) is 0 Å². The van der Waals surface area contributed by atoms with Crippen LogP contribution in [-0.4, -0.2) is 20.8 Å². The summed E-state index contributed by atoms with van der Waals surface area (Å²) in [5, 5.41) is 14.3. The van der Waals surface area contributed by atoms with E-state index < -0.39 is 28.2 Å². The molecule has 2 aromatic carbocycles. The number of carbonyl (C=O) groups is 1. The highest BCUT2D eigenvalue weighted by Crippen LogP contribution is 2.28. The highest BCUT2D eigenvalue weighted by Gasteiger charge is 2.23. The summed E-state index contributed by atoms with van der Waals surface area (Å²) < 4.78 is 25.9. The SMILES string of the molecule is O=C(NNc1ncnc(NCc2ccc(F)cc2)c1[N+](=O)[O-])c1ccc(F)cc1. The normalized spacial score (nSPS) is 10.3. The molecule has 3 rings (SSSR count). The minimum atomic E-state index is -0.709. The van der Waals surface area contributed by atoms with Crippen molar-refractivity contribution < 1.29 is 18.5 Å². The summed E-state index contributed by atoms with van der Waals surface area (Å²) in [6.07, 6.45) is 1.08. The number of amides is 1. The third kappa shape index (κ3) is 4.97. The van der Waals surface area contributed by atoms with Gasteiger partial charge in [-0.15, -0.1) is 0 Å². The van der Waals surface area contributed by atoms with Crippen molar-refractivity contribution >= 4 is 23.2 Å². The van der Waals surface area contributed by atoms with Crippen molar-refractivity contribution in [2.24, 2.45) is 0 Å². The highest BCUT2D eigenvalue weighted by molar-refractivity contribution is 5.95. The van der Waals surface area contributed by atoms with Gasteiger partial charge in [-0.25, -0.2) is 18.7 Å². The first kappa shape index (κ1) is 19.6. The van der Waals surface area contributed by atoms with Crippen LogP contribution in [0.2, 0.25) is 0 Å². The van der Waals surface area contributed by atoms with Gasteiger partial charge in [-0.3, -0.25) is 25.8 Å². The van der Waals surface area contributed by atoms with Crippen molar-refractivity contribution in [1.82, 2.24) is 15.4 Å². The smallest absolute Gasteiger partial charge is 0.354 e. The Labute approximate surface area is 162 Å². The zero-order chi connectivity index (χ0) is 20.8. The Hall–Kier alpha value is -4.15. The second-order valence-electron chi connectivity index (χ2n) is 5.74. The maximum Gasteiger partial charge on any atom is 0.354 e.